The fraction of sp³-hybridized carbons (Fsp3) is 0.778. The van der Waals surface area contributed by atoms with Crippen LogP contribution in [0, 0.1) is 5.92 Å². The molecule has 6 heteroatoms. The fourth-order valence-corrected chi connectivity index (χ4v) is 0.925. The van der Waals surface area contributed by atoms with Crippen molar-refractivity contribution in [2.75, 3.05) is 13.2 Å². The topological polar surface area (TPSA) is 43.4 Å². The maximum atomic E-state index is 11.9. The Bertz CT molecular complexity index is 235. The lowest BCUT2D eigenvalue weighted by atomic mass is 9.99. The summed E-state index contributed by atoms with van der Waals surface area (Å²) < 4.78 is 40.6. The summed E-state index contributed by atoms with van der Waals surface area (Å²) in [7, 11) is 0. The Morgan fingerprint density at radius 3 is 2.27 bits per heavy atom. The summed E-state index contributed by atoms with van der Waals surface area (Å²) in [5.74, 6) is -4.37. The predicted molar refractivity (Wildman–Crippen MR) is 46.3 cm³/mol. The third kappa shape index (κ3) is 4.92. The molecule has 0 aliphatic carbocycles. The van der Waals surface area contributed by atoms with Crippen LogP contribution >= 0.6 is 0 Å². The van der Waals surface area contributed by atoms with Gasteiger partial charge in [-0.05, 0) is 13.8 Å². The third-order valence-electron chi connectivity index (χ3n) is 1.85. The number of rotatable bonds is 6. The first-order valence-electron chi connectivity index (χ1n) is 4.52. The zero-order valence-corrected chi connectivity index (χ0v) is 8.56. The molecule has 0 N–H and O–H groups in total. The smallest absolute Gasteiger partial charge is 0.381 e. The van der Waals surface area contributed by atoms with E-state index in [-0.39, 0.29) is 13.0 Å². The maximum absolute atomic E-state index is 11.9. The largest absolute Gasteiger partial charge is 0.450 e. The third-order valence-corrected chi connectivity index (χ3v) is 1.85. The van der Waals surface area contributed by atoms with Gasteiger partial charge < -0.3 is 4.74 Å². The molecule has 0 spiro atoms. The van der Waals surface area contributed by atoms with Gasteiger partial charge in [-0.2, -0.15) is 13.2 Å². The summed E-state index contributed by atoms with van der Waals surface area (Å²) >= 11 is 0. The second-order valence-electron chi connectivity index (χ2n) is 3.00. The molecule has 1 unspecified atom stereocenters. The SMILES string of the molecule is CCOCCC(=O)C(C)C(=O)C(F)(F)F. The van der Waals surface area contributed by atoms with E-state index in [1.165, 1.54) is 0 Å². The van der Waals surface area contributed by atoms with Crippen LogP contribution in [0.3, 0.4) is 0 Å². The summed E-state index contributed by atoms with van der Waals surface area (Å²) in [5, 5.41) is 0. The van der Waals surface area contributed by atoms with Crippen molar-refractivity contribution in [2.24, 2.45) is 5.92 Å². The van der Waals surface area contributed by atoms with Crippen molar-refractivity contribution >= 4 is 11.6 Å². The van der Waals surface area contributed by atoms with Gasteiger partial charge in [-0.3, -0.25) is 9.59 Å². The highest BCUT2D eigenvalue weighted by Gasteiger charge is 2.43. The Morgan fingerprint density at radius 1 is 1.33 bits per heavy atom. The molecule has 0 aliphatic rings. The van der Waals surface area contributed by atoms with Crippen molar-refractivity contribution in [1.29, 1.82) is 0 Å². The average molecular weight is 226 g/mol. The van der Waals surface area contributed by atoms with Crippen LogP contribution in [-0.2, 0) is 14.3 Å². The summed E-state index contributed by atoms with van der Waals surface area (Å²) in [4.78, 5) is 21.8. The van der Waals surface area contributed by atoms with E-state index in [9.17, 15) is 22.8 Å². The normalized spacial score (nSPS) is 13.7. The van der Waals surface area contributed by atoms with Crippen LogP contribution in [0.4, 0.5) is 13.2 Å². The molecule has 3 nitrogen and oxygen atoms in total. The molecular formula is C9H13F3O3. The van der Waals surface area contributed by atoms with Gasteiger partial charge in [0.2, 0.25) is 5.78 Å². The molecule has 1 atom stereocenters. The molecule has 0 fully saturated rings. The number of ether oxygens (including phenoxy) is 1. The quantitative estimate of drug-likeness (QED) is 0.512. The number of hydrogen-bond acceptors (Lipinski definition) is 3. The molecule has 0 aromatic rings. The molecule has 0 bridgehead atoms. The monoisotopic (exact) mass is 226 g/mol. The first-order chi connectivity index (χ1) is 6.80. The van der Waals surface area contributed by atoms with Gasteiger partial charge in [0.15, 0.2) is 0 Å². The van der Waals surface area contributed by atoms with Gasteiger partial charge in [0.05, 0.1) is 12.5 Å². The molecule has 0 amide bonds. The molecule has 0 rings (SSSR count). The molecule has 0 saturated carbocycles. The lowest BCUT2D eigenvalue weighted by molar-refractivity contribution is -0.176. The van der Waals surface area contributed by atoms with Crippen LogP contribution < -0.4 is 0 Å². The van der Waals surface area contributed by atoms with E-state index >= 15 is 0 Å². The summed E-state index contributed by atoms with van der Waals surface area (Å²) in [6.07, 6.45) is -5.11. The van der Waals surface area contributed by atoms with E-state index in [4.69, 9.17) is 4.74 Å². The van der Waals surface area contributed by atoms with Crippen molar-refractivity contribution in [3.8, 4) is 0 Å². The van der Waals surface area contributed by atoms with E-state index in [0.717, 1.165) is 6.92 Å². The second kappa shape index (κ2) is 5.85. The maximum Gasteiger partial charge on any atom is 0.450 e. The standard InChI is InChI=1S/C9H13F3O3/c1-3-15-5-4-7(13)6(2)8(14)9(10,11)12/h6H,3-5H2,1-2H3. The van der Waals surface area contributed by atoms with Crippen LogP contribution in [0.15, 0.2) is 0 Å². The average Bonchev–Trinajstić information content (AvgIpc) is 2.14. The van der Waals surface area contributed by atoms with Crippen molar-refractivity contribution in [2.45, 2.75) is 26.4 Å². The van der Waals surface area contributed by atoms with Crippen molar-refractivity contribution in [3.05, 3.63) is 0 Å². The van der Waals surface area contributed by atoms with Gasteiger partial charge in [-0.1, -0.05) is 0 Å². The minimum absolute atomic E-state index is 0.0464. The highest BCUT2D eigenvalue weighted by Crippen LogP contribution is 2.21. The number of Topliss-reactive ketones (excluding diaryl/α,β-unsaturated/α-hetero) is 2. The molecule has 0 heterocycles. The summed E-state index contributed by atoms with van der Waals surface area (Å²) in [6.45, 7) is 3.10. The Kier molecular flexibility index (Phi) is 5.49. The summed E-state index contributed by atoms with van der Waals surface area (Å²) in [6, 6.07) is 0. The number of carbonyl (C=O) groups is 2. The summed E-state index contributed by atoms with van der Waals surface area (Å²) in [5.41, 5.74) is 0. The van der Waals surface area contributed by atoms with Crippen LogP contribution in [0.5, 0.6) is 0 Å². The zero-order chi connectivity index (χ0) is 12.1. The minimum atomic E-state index is -4.94. The Hall–Kier alpha value is -0.910. The van der Waals surface area contributed by atoms with E-state index in [1.54, 1.807) is 6.92 Å². The Balaban J connectivity index is 4.15. The first-order valence-corrected chi connectivity index (χ1v) is 4.52. The lowest BCUT2D eigenvalue weighted by Crippen LogP contribution is -2.33. The molecule has 0 aromatic heterocycles. The fourth-order valence-electron chi connectivity index (χ4n) is 0.925. The Labute approximate surface area is 85.6 Å². The number of alkyl halides is 3. The highest BCUT2D eigenvalue weighted by atomic mass is 19.4. The number of ketones is 2. The van der Waals surface area contributed by atoms with Crippen molar-refractivity contribution < 1.29 is 27.5 Å². The molecule has 0 aliphatic heterocycles. The number of hydrogen-bond donors (Lipinski definition) is 0. The zero-order valence-electron chi connectivity index (χ0n) is 8.56. The lowest BCUT2D eigenvalue weighted by Gasteiger charge is -2.11. The van der Waals surface area contributed by atoms with Gasteiger partial charge in [0, 0.05) is 13.0 Å². The van der Waals surface area contributed by atoms with E-state index in [1.807, 2.05) is 0 Å². The van der Waals surface area contributed by atoms with Gasteiger partial charge in [-0.25, -0.2) is 0 Å². The molecule has 88 valence electrons. The molecule has 0 saturated heterocycles. The van der Waals surface area contributed by atoms with Crippen LogP contribution in [-0.4, -0.2) is 31.0 Å². The minimum Gasteiger partial charge on any atom is -0.381 e. The van der Waals surface area contributed by atoms with Crippen LogP contribution in [0.25, 0.3) is 0 Å². The van der Waals surface area contributed by atoms with Gasteiger partial charge in [0.25, 0.3) is 0 Å². The van der Waals surface area contributed by atoms with Crippen LogP contribution in [0.2, 0.25) is 0 Å². The van der Waals surface area contributed by atoms with Crippen LogP contribution in [0.1, 0.15) is 20.3 Å². The first kappa shape index (κ1) is 14.1. The van der Waals surface area contributed by atoms with Gasteiger partial charge in [0.1, 0.15) is 5.78 Å². The Morgan fingerprint density at radius 2 is 1.87 bits per heavy atom. The molecule has 0 aromatic carbocycles. The second-order valence-corrected chi connectivity index (χ2v) is 3.00. The van der Waals surface area contributed by atoms with E-state index < -0.39 is 23.7 Å². The highest BCUT2D eigenvalue weighted by molar-refractivity contribution is 6.04. The molecule has 0 radical (unpaired) electrons. The van der Waals surface area contributed by atoms with E-state index in [0.29, 0.717) is 6.61 Å². The molecule has 15 heavy (non-hydrogen) atoms. The van der Waals surface area contributed by atoms with E-state index in [2.05, 4.69) is 0 Å². The molecular weight excluding hydrogens is 213 g/mol. The predicted octanol–water partition coefficient (Wildman–Crippen LogP) is 1.75. The van der Waals surface area contributed by atoms with Gasteiger partial charge in [-0.15, -0.1) is 0 Å². The van der Waals surface area contributed by atoms with Crippen molar-refractivity contribution in [1.82, 2.24) is 0 Å². The number of halogens is 3. The number of carbonyl (C=O) groups excluding carboxylic acids is 2. The van der Waals surface area contributed by atoms with Gasteiger partial charge >= 0.3 is 6.18 Å². The van der Waals surface area contributed by atoms with Crippen molar-refractivity contribution in [3.63, 3.8) is 0 Å².